The van der Waals surface area contributed by atoms with Gasteiger partial charge in [0.05, 0.1) is 5.71 Å². The molecule has 1 atom stereocenters. The zero-order valence-electron chi connectivity index (χ0n) is 10.5. The molecule has 1 aliphatic rings. The summed E-state index contributed by atoms with van der Waals surface area (Å²) >= 11 is 3.43. The topological polar surface area (TPSA) is 58.3 Å². The molecule has 0 aliphatic carbocycles. The van der Waals surface area contributed by atoms with Gasteiger partial charge in [0.1, 0.15) is 11.9 Å². The molecule has 2 heterocycles. The van der Waals surface area contributed by atoms with Crippen molar-refractivity contribution < 1.29 is 4.74 Å². The van der Waals surface area contributed by atoms with Gasteiger partial charge in [-0.05, 0) is 35.9 Å². The largest absolute Gasteiger partial charge is 0.485 e. The van der Waals surface area contributed by atoms with Crippen molar-refractivity contribution in [3.8, 4) is 11.9 Å². The van der Waals surface area contributed by atoms with Crippen LogP contribution in [0.2, 0.25) is 0 Å². The molecule has 0 saturated carbocycles. The van der Waals surface area contributed by atoms with Crippen LogP contribution in [0.1, 0.15) is 23.7 Å². The lowest BCUT2D eigenvalue weighted by molar-refractivity contribution is 0.206. The zero-order valence-corrected chi connectivity index (χ0v) is 12.0. The molecule has 3 rings (SSSR count). The molecule has 0 radical (unpaired) electrons. The third-order valence-electron chi connectivity index (χ3n) is 3.16. The Morgan fingerprint density at radius 1 is 1.30 bits per heavy atom. The highest BCUT2D eigenvalue weighted by molar-refractivity contribution is 9.10. The molecule has 0 fully saturated rings. The average molecular weight is 328 g/mol. The van der Waals surface area contributed by atoms with Crippen LogP contribution in [0.4, 0.5) is 0 Å². The molecule has 1 unspecified atom stereocenters. The highest BCUT2D eigenvalue weighted by Crippen LogP contribution is 2.36. The minimum absolute atomic E-state index is 0.140. The number of nitrogens with zero attached hydrogens (tertiary/aromatic N) is 3. The first-order chi connectivity index (χ1) is 9.78. The van der Waals surface area contributed by atoms with Crippen molar-refractivity contribution in [1.29, 1.82) is 5.26 Å². The summed E-state index contributed by atoms with van der Waals surface area (Å²) in [5, 5.41) is 8.87. The Kier molecular flexibility index (Phi) is 3.48. The van der Waals surface area contributed by atoms with Crippen LogP contribution in [0, 0.1) is 11.5 Å². The second kappa shape index (κ2) is 5.43. The Bertz CT molecular complexity index is 707. The van der Waals surface area contributed by atoms with E-state index < -0.39 is 0 Å². The number of halogens is 1. The van der Waals surface area contributed by atoms with Gasteiger partial charge in [-0.15, -0.1) is 0 Å². The second-order valence-corrected chi connectivity index (χ2v) is 5.31. The van der Waals surface area contributed by atoms with E-state index in [0.29, 0.717) is 6.42 Å². The van der Waals surface area contributed by atoms with E-state index in [4.69, 9.17) is 10.00 Å². The Labute approximate surface area is 124 Å². The highest BCUT2D eigenvalue weighted by atomic mass is 79.9. The van der Waals surface area contributed by atoms with Gasteiger partial charge in [-0.1, -0.05) is 15.9 Å². The van der Waals surface area contributed by atoms with Crippen molar-refractivity contribution >= 4 is 21.6 Å². The summed E-state index contributed by atoms with van der Waals surface area (Å²) in [6, 6.07) is 9.56. The molecule has 4 nitrogen and oxygen atoms in total. The molecule has 0 bridgehead atoms. The maximum atomic E-state index is 8.87. The van der Waals surface area contributed by atoms with Crippen LogP contribution in [0.5, 0.6) is 5.75 Å². The normalized spacial score (nSPS) is 19.0. The van der Waals surface area contributed by atoms with E-state index in [1.807, 2.05) is 36.5 Å². The molecule has 0 N–H and O–H groups in total. The van der Waals surface area contributed by atoms with Crippen molar-refractivity contribution in [3.63, 3.8) is 0 Å². The lowest BCUT2D eigenvalue weighted by Crippen LogP contribution is -2.21. The summed E-state index contributed by atoms with van der Waals surface area (Å²) in [4.78, 5) is 7.95. The molecular weight excluding hydrogens is 318 g/mol. The molecule has 5 heteroatoms. The van der Waals surface area contributed by atoms with Crippen molar-refractivity contribution in [2.45, 2.75) is 12.5 Å². The zero-order chi connectivity index (χ0) is 13.9. The summed E-state index contributed by atoms with van der Waals surface area (Å²) in [7, 11) is 0. The summed E-state index contributed by atoms with van der Waals surface area (Å²) < 4.78 is 6.95. The highest BCUT2D eigenvalue weighted by Gasteiger charge is 2.26. The number of ether oxygens (including phenoxy) is 1. The average Bonchev–Trinajstić information content (AvgIpc) is 2.49. The summed E-state index contributed by atoms with van der Waals surface area (Å²) in [6.45, 7) is 0. The molecule has 1 aromatic heterocycles. The first kappa shape index (κ1) is 12.8. The number of fused-ring (bicyclic) bond motifs is 1. The van der Waals surface area contributed by atoms with E-state index in [2.05, 4.69) is 25.9 Å². The van der Waals surface area contributed by atoms with Gasteiger partial charge in [-0.2, -0.15) is 10.3 Å². The van der Waals surface area contributed by atoms with Crippen LogP contribution in [-0.2, 0) is 0 Å². The number of pyridine rings is 1. The van der Waals surface area contributed by atoms with Gasteiger partial charge < -0.3 is 4.74 Å². The molecule has 0 spiro atoms. The molecule has 1 aliphatic heterocycles. The minimum Gasteiger partial charge on any atom is -0.485 e. The molecule has 0 amide bonds. The van der Waals surface area contributed by atoms with Gasteiger partial charge in [0.2, 0.25) is 6.19 Å². The van der Waals surface area contributed by atoms with E-state index in [1.165, 1.54) is 0 Å². The third-order valence-corrected chi connectivity index (χ3v) is 3.66. The fourth-order valence-electron chi connectivity index (χ4n) is 2.24. The Morgan fingerprint density at radius 2 is 2.10 bits per heavy atom. The van der Waals surface area contributed by atoms with Gasteiger partial charge in [-0.3, -0.25) is 4.98 Å². The summed E-state index contributed by atoms with van der Waals surface area (Å²) in [5.74, 6) is 0.746. The quantitative estimate of drug-likeness (QED) is 0.751. The molecule has 20 heavy (non-hydrogen) atoms. The van der Waals surface area contributed by atoms with Crippen molar-refractivity contribution in [1.82, 2.24) is 4.98 Å². The maximum Gasteiger partial charge on any atom is 0.205 e. The first-order valence-corrected chi connectivity index (χ1v) is 6.89. The Morgan fingerprint density at radius 3 is 2.85 bits per heavy atom. The summed E-state index contributed by atoms with van der Waals surface area (Å²) in [6.07, 6.45) is 5.77. The SMILES string of the molecule is N#C/N=C1\CC(c2ccncc2)Oc2ccc(Br)cc21. The van der Waals surface area contributed by atoms with Gasteiger partial charge >= 0.3 is 0 Å². The monoisotopic (exact) mass is 327 g/mol. The Hall–Kier alpha value is -2.19. The Balaban J connectivity index is 2.04. The van der Waals surface area contributed by atoms with Crippen LogP contribution in [0.15, 0.2) is 52.2 Å². The lowest BCUT2D eigenvalue weighted by Gasteiger charge is -2.27. The number of aromatic nitrogens is 1. The van der Waals surface area contributed by atoms with Gasteiger partial charge in [0, 0.05) is 28.9 Å². The van der Waals surface area contributed by atoms with E-state index >= 15 is 0 Å². The van der Waals surface area contributed by atoms with Crippen LogP contribution in [0.25, 0.3) is 0 Å². The van der Waals surface area contributed by atoms with Crippen molar-refractivity contribution in [3.05, 3.63) is 58.3 Å². The molecule has 98 valence electrons. The number of hydrogen-bond donors (Lipinski definition) is 0. The predicted octanol–water partition coefficient (Wildman–Crippen LogP) is 3.64. The van der Waals surface area contributed by atoms with Crippen LogP contribution >= 0.6 is 15.9 Å². The molecule has 2 aromatic rings. The van der Waals surface area contributed by atoms with E-state index in [1.54, 1.807) is 12.4 Å². The van der Waals surface area contributed by atoms with Crippen LogP contribution in [-0.4, -0.2) is 10.7 Å². The second-order valence-electron chi connectivity index (χ2n) is 4.39. The van der Waals surface area contributed by atoms with E-state index in [-0.39, 0.29) is 6.10 Å². The smallest absolute Gasteiger partial charge is 0.205 e. The van der Waals surface area contributed by atoms with Crippen molar-refractivity contribution in [2.24, 2.45) is 4.99 Å². The van der Waals surface area contributed by atoms with Crippen LogP contribution < -0.4 is 4.74 Å². The van der Waals surface area contributed by atoms with Crippen molar-refractivity contribution in [2.75, 3.05) is 0 Å². The fraction of sp³-hybridized carbons (Fsp3) is 0.133. The van der Waals surface area contributed by atoms with E-state index in [0.717, 1.165) is 27.1 Å². The van der Waals surface area contributed by atoms with Gasteiger partial charge in [-0.25, -0.2) is 0 Å². The number of hydrogen-bond acceptors (Lipinski definition) is 4. The summed E-state index contributed by atoms with van der Waals surface area (Å²) in [5.41, 5.74) is 2.64. The standard InChI is InChI=1S/C15H10BrN3O/c16-11-1-2-14-12(7-11)13(19-9-17)8-15(20-14)10-3-5-18-6-4-10/h1-7,15H,8H2/b19-13+. The van der Waals surface area contributed by atoms with Crippen LogP contribution in [0.3, 0.4) is 0 Å². The number of benzene rings is 1. The third kappa shape index (κ3) is 2.43. The molecule has 0 saturated heterocycles. The molecule has 1 aromatic carbocycles. The van der Waals surface area contributed by atoms with Gasteiger partial charge in [0.15, 0.2) is 0 Å². The lowest BCUT2D eigenvalue weighted by atomic mass is 9.96. The first-order valence-electron chi connectivity index (χ1n) is 6.10. The molecular formula is C15H10BrN3O. The number of rotatable bonds is 1. The minimum atomic E-state index is -0.140. The fourth-order valence-corrected chi connectivity index (χ4v) is 2.60. The predicted molar refractivity (Wildman–Crippen MR) is 78.5 cm³/mol. The number of nitriles is 1. The maximum absolute atomic E-state index is 8.87. The number of aliphatic imine (C=N–C) groups is 1. The van der Waals surface area contributed by atoms with E-state index in [9.17, 15) is 0 Å². The van der Waals surface area contributed by atoms with Gasteiger partial charge in [0.25, 0.3) is 0 Å².